The highest BCUT2D eigenvalue weighted by Gasteiger charge is 2.26. The summed E-state index contributed by atoms with van der Waals surface area (Å²) in [6.45, 7) is 6.51. The van der Waals surface area contributed by atoms with Gasteiger partial charge >= 0.3 is 12.2 Å². The van der Waals surface area contributed by atoms with Crippen LogP contribution in [-0.2, 0) is 9.47 Å². The zero-order valence-electron chi connectivity index (χ0n) is 19.6. The minimum Gasteiger partial charge on any atom is -0.465 e. The number of hydrogen-bond donors (Lipinski definition) is 3. The average molecular weight is 489 g/mol. The van der Waals surface area contributed by atoms with Crippen molar-refractivity contribution in [3.8, 4) is 10.4 Å². The lowest BCUT2D eigenvalue weighted by Gasteiger charge is -2.31. The molecule has 3 N–H and O–H groups in total. The van der Waals surface area contributed by atoms with Gasteiger partial charge in [-0.05, 0) is 57.7 Å². The molecule has 0 radical (unpaired) electrons. The number of nitrogens with zero attached hydrogens (tertiary/aromatic N) is 2. The second kappa shape index (κ2) is 11.1. The maximum atomic E-state index is 12.1. The topological polar surface area (TPSA) is 113 Å². The third-order valence-electron chi connectivity index (χ3n) is 6.13. The number of carbonyl (C=O) groups excluding carboxylic acids is 1. The number of nitrogens with one attached hydrogen (secondary N) is 2. The summed E-state index contributed by atoms with van der Waals surface area (Å²) in [6.07, 6.45) is 3.83. The van der Waals surface area contributed by atoms with Crippen LogP contribution in [0, 0.1) is 0 Å². The fourth-order valence-corrected chi connectivity index (χ4v) is 5.63. The van der Waals surface area contributed by atoms with Crippen LogP contribution in [0.2, 0.25) is 0 Å². The number of rotatable bonds is 6. The van der Waals surface area contributed by atoms with Crippen LogP contribution in [0.25, 0.3) is 10.4 Å². The third kappa shape index (κ3) is 6.18. The largest absolute Gasteiger partial charge is 0.465 e. The van der Waals surface area contributed by atoms with Crippen LogP contribution in [0.3, 0.4) is 0 Å². The van der Waals surface area contributed by atoms with Crippen LogP contribution in [0.15, 0.2) is 24.4 Å². The van der Waals surface area contributed by atoms with Crippen molar-refractivity contribution in [2.24, 2.45) is 0 Å². The van der Waals surface area contributed by atoms with Gasteiger partial charge in [-0.25, -0.2) is 14.6 Å². The number of ether oxygens (including phenoxy) is 2. The Morgan fingerprint density at radius 1 is 1.21 bits per heavy atom. The van der Waals surface area contributed by atoms with E-state index in [9.17, 15) is 9.59 Å². The van der Waals surface area contributed by atoms with E-state index in [-0.39, 0.29) is 12.1 Å². The molecule has 1 saturated heterocycles. The lowest BCUT2D eigenvalue weighted by molar-refractivity contribution is 0.122. The molecule has 0 unspecified atom stereocenters. The molecule has 2 heterocycles. The van der Waals surface area contributed by atoms with Gasteiger partial charge in [0, 0.05) is 48.2 Å². The third-order valence-corrected chi connectivity index (χ3v) is 7.32. The number of thiazole rings is 1. The van der Waals surface area contributed by atoms with Crippen molar-refractivity contribution < 1.29 is 24.2 Å². The molecule has 0 atom stereocenters. The van der Waals surface area contributed by atoms with E-state index >= 15 is 0 Å². The molecule has 2 aromatic rings. The van der Waals surface area contributed by atoms with Crippen LogP contribution < -0.4 is 15.5 Å². The standard InChI is InChI=1S/C24H32N4O5S/c1-15(2)33-24(31)27-18-7-8-19(20(13-18)28-9-11-32-12-10-28)21-14-25-22(34-21)16-3-5-17(6-4-16)26-23(29)30/h7-8,13-17,26H,3-6,9-12H2,1-2H3,(H,27,31)(H,29,30). The van der Waals surface area contributed by atoms with Gasteiger partial charge in [-0.1, -0.05) is 0 Å². The highest BCUT2D eigenvalue weighted by atomic mass is 32.1. The van der Waals surface area contributed by atoms with Gasteiger partial charge in [0.1, 0.15) is 0 Å². The monoisotopic (exact) mass is 488 g/mol. The number of hydrogen-bond acceptors (Lipinski definition) is 7. The number of amides is 2. The molecule has 0 spiro atoms. The first-order valence-electron chi connectivity index (χ1n) is 11.8. The van der Waals surface area contributed by atoms with Crippen LogP contribution >= 0.6 is 11.3 Å². The Morgan fingerprint density at radius 3 is 2.62 bits per heavy atom. The number of anilines is 2. The fraction of sp³-hybridized carbons (Fsp3) is 0.542. The molecule has 9 nitrogen and oxygen atoms in total. The van der Waals surface area contributed by atoms with Crippen molar-refractivity contribution >= 4 is 34.9 Å². The summed E-state index contributed by atoms with van der Waals surface area (Å²) in [6, 6.07) is 5.94. The quantitative estimate of drug-likeness (QED) is 0.530. The minimum atomic E-state index is -0.953. The van der Waals surface area contributed by atoms with Crippen molar-refractivity contribution in [3.05, 3.63) is 29.4 Å². The highest BCUT2D eigenvalue weighted by molar-refractivity contribution is 7.15. The molecule has 0 bridgehead atoms. The van der Waals surface area contributed by atoms with Crippen molar-refractivity contribution in [1.82, 2.24) is 10.3 Å². The number of carboxylic acid groups (broad SMARTS) is 1. The SMILES string of the molecule is CC(C)OC(=O)Nc1ccc(-c2cnc(C3CCC(NC(=O)O)CC3)s2)c(N2CCOCC2)c1. The second-order valence-electron chi connectivity index (χ2n) is 8.97. The van der Waals surface area contributed by atoms with E-state index in [4.69, 9.17) is 19.6 Å². The first-order chi connectivity index (χ1) is 16.4. The summed E-state index contributed by atoms with van der Waals surface area (Å²) in [5.74, 6) is 0.351. The number of morpholine rings is 1. The molecule has 1 aromatic carbocycles. The smallest absolute Gasteiger partial charge is 0.411 e. The molecule has 2 aliphatic rings. The minimum absolute atomic E-state index is 0.0311. The van der Waals surface area contributed by atoms with Gasteiger partial charge in [-0.15, -0.1) is 11.3 Å². The number of aromatic nitrogens is 1. The van der Waals surface area contributed by atoms with Crippen LogP contribution in [0.5, 0.6) is 0 Å². The summed E-state index contributed by atoms with van der Waals surface area (Å²) < 4.78 is 10.8. The molecule has 2 amide bonds. The molecule has 184 valence electrons. The van der Waals surface area contributed by atoms with Crippen LogP contribution in [-0.4, -0.2) is 60.7 Å². The lowest BCUT2D eigenvalue weighted by atomic mass is 9.86. The van der Waals surface area contributed by atoms with Gasteiger partial charge in [0.2, 0.25) is 0 Å². The molecule has 1 aliphatic heterocycles. The number of carbonyl (C=O) groups is 2. The van der Waals surface area contributed by atoms with Crippen LogP contribution in [0.1, 0.15) is 50.5 Å². The molecule has 1 aromatic heterocycles. The molecular formula is C24H32N4O5S. The first-order valence-corrected chi connectivity index (χ1v) is 12.6. The Hall–Kier alpha value is -2.85. The van der Waals surface area contributed by atoms with E-state index in [0.717, 1.165) is 59.9 Å². The second-order valence-corrected chi connectivity index (χ2v) is 10.0. The zero-order chi connectivity index (χ0) is 24.1. The van der Waals surface area contributed by atoms with Crippen molar-refractivity contribution in [1.29, 1.82) is 0 Å². The summed E-state index contributed by atoms with van der Waals surface area (Å²) in [5, 5.41) is 15.5. The van der Waals surface area contributed by atoms with Crippen molar-refractivity contribution in [3.63, 3.8) is 0 Å². The molecule has 4 rings (SSSR count). The van der Waals surface area contributed by atoms with Gasteiger partial charge in [-0.2, -0.15) is 0 Å². The first kappa shape index (κ1) is 24.3. The van der Waals surface area contributed by atoms with Gasteiger partial charge in [0.15, 0.2) is 0 Å². The molecule has 2 fully saturated rings. The van der Waals surface area contributed by atoms with E-state index in [1.165, 1.54) is 0 Å². The van der Waals surface area contributed by atoms with E-state index in [0.29, 0.717) is 24.8 Å². The Bertz CT molecular complexity index is 997. The van der Waals surface area contributed by atoms with Gasteiger partial charge in [0.05, 0.1) is 29.2 Å². The Labute approximate surface area is 203 Å². The number of benzene rings is 1. The van der Waals surface area contributed by atoms with E-state index < -0.39 is 12.2 Å². The van der Waals surface area contributed by atoms with Crippen LogP contribution in [0.4, 0.5) is 21.0 Å². The fourth-order valence-electron chi connectivity index (χ4n) is 4.51. The normalized spacial score (nSPS) is 20.7. The maximum Gasteiger partial charge on any atom is 0.411 e. The van der Waals surface area contributed by atoms with Gasteiger partial charge in [0.25, 0.3) is 0 Å². The molecule has 1 aliphatic carbocycles. The predicted molar refractivity (Wildman–Crippen MR) is 132 cm³/mol. The highest BCUT2D eigenvalue weighted by Crippen LogP contribution is 2.41. The van der Waals surface area contributed by atoms with E-state index in [2.05, 4.69) is 15.5 Å². The average Bonchev–Trinajstić information content (AvgIpc) is 3.29. The molecular weight excluding hydrogens is 456 g/mol. The lowest BCUT2D eigenvalue weighted by Crippen LogP contribution is -2.36. The Morgan fingerprint density at radius 2 is 1.94 bits per heavy atom. The van der Waals surface area contributed by atoms with Crippen molar-refractivity contribution in [2.75, 3.05) is 36.5 Å². The van der Waals surface area contributed by atoms with E-state index in [1.54, 1.807) is 11.3 Å². The maximum absolute atomic E-state index is 12.1. The molecule has 10 heteroatoms. The Kier molecular flexibility index (Phi) is 7.89. The van der Waals surface area contributed by atoms with Crippen molar-refractivity contribution in [2.45, 2.75) is 57.6 Å². The molecule has 1 saturated carbocycles. The summed E-state index contributed by atoms with van der Waals surface area (Å²) in [7, 11) is 0. The zero-order valence-corrected chi connectivity index (χ0v) is 20.4. The molecule has 34 heavy (non-hydrogen) atoms. The summed E-state index contributed by atoms with van der Waals surface area (Å²) >= 11 is 1.70. The van der Waals surface area contributed by atoms with Gasteiger partial charge in [-0.3, -0.25) is 5.32 Å². The van der Waals surface area contributed by atoms with E-state index in [1.807, 2.05) is 38.2 Å². The Balaban J connectivity index is 1.53. The summed E-state index contributed by atoms with van der Waals surface area (Å²) in [4.78, 5) is 31.1. The summed E-state index contributed by atoms with van der Waals surface area (Å²) in [5.41, 5.74) is 2.80. The van der Waals surface area contributed by atoms with Gasteiger partial charge < -0.3 is 24.8 Å². The predicted octanol–water partition coefficient (Wildman–Crippen LogP) is 4.90.